The number of nitrogens with zero attached hydrogens (tertiary/aromatic N) is 1. The van der Waals surface area contributed by atoms with Gasteiger partial charge in [-0.25, -0.2) is 0 Å². The lowest BCUT2D eigenvalue weighted by atomic mass is 10.2. The Morgan fingerprint density at radius 1 is 1.33 bits per heavy atom. The maximum absolute atomic E-state index is 5.65. The van der Waals surface area contributed by atoms with Crippen LogP contribution in [0.5, 0.6) is 0 Å². The summed E-state index contributed by atoms with van der Waals surface area (Å²) in [6.45, 7) is 4.59. The van der Waals surface area contributed by atoms with Gasteiger partial charge in [0, 0.05) is 18.8 Å². The Labute approximate surface area is 92.1 Å². The summed E-state index contributed by atoms with van der Waals surface area (Å²) in [5.41, 5.74) is 7.84. The Kier molecular flexibility index (Phi) is 2.96. The molecule has 0 heterocycles. The van der Waals surface area contributed by atoms with Crippen molar-refractivity contribution in [2.75, 3.05) is 19.3 Å². The van der Waals surface area contributed by atoms with Crippen LogP contribution < -0.4 is 5.73 Å². The summed E-state index contributed by atoms with van der Waals surface area (Å²) in [5, 5.41) is 0. The van der Waals surface area contributed by atoms with Crippen LogP contribution in [0.15, 0.2) is 24.3 Å². The maximum Gasteiger partial charge on any atom is 0.0314 e. The summed E-state index contributed by atoms with van der Waals surface area (Å²) < 4.78 is 0. The van der Waals surface area contributed by atoms with Gasteiger partial charge in [0.2, 0.25) is 0 Å². The fourth-order valence-corrected chi connectivity index (χ4v) is 2.05. The number of anilines is 1. The van der Waals surface area contributed by atoms with Gasteiger partial charge < -0.3 is 10.6 Å². The normalized spacial score (nSPS) is 24.5. The average Bonchev–Trinajstić information content (AvgIpc) is 2.86. The molecule has 1 saturated carbocycles. The minimum atomic E-state index is 0.845. The molecule has 2 unspecified atom stereocenters. The van der Waals surface area contributed by atoms with Crippen molar-refractivity contribution in [1.82, 2.24) is 4.90 Å². The predicted octanol–water partition coefficient (Wildman–Crippen LogP) is 2.36. The van der Waals surface area contributed by atoms with E-state index in [1.807, 2.05) is 12.1 Å². The van der Waals surface area contributed by atoms with Crippen LogP contribution in [0.4, 0.5) is 5.69 Å². The lowest BCUT2D eigenvalue weighted by Crippen LogP contribution is -2.20. The van der Waals surface area contributed by atoms with E-state index in [2.05, 4.69) is 31.0 Å². The predicted molar refractivity (Wildman–Crippen MR) is 64.5 cm³/mol. The zero-order valence-corrected chi connectivity index (χ0v) is 9.61. The van der Waals surface area contributed by atoms with Gasteiger partial charge in [-0.05, 0) is 43.0 Å². The first kappa shape index (κ1) is 10.5. The number of nitrogens with two attached hydrogens (primary N) is 1. The first-order valence-electron chi connectivity index (χ1n) is 5.68. The van der Waals surface area contributed by atoms with Crippen molar-refractivity contribution < 1.29 is 0 Å². The molecule has 0 saturated heterocycles. The Hall–Kier alpha value is -1.02. The molecule has 2 heteroatoms. The van der Waals surface area contributed by atoms with Crippen molar-refractivity contribution >= 4 is 5.69 Å². The molecule has 2 N–H and O–H groups in total. The van der Waals surface area contributed by atoms with Crippen molar-refractivity contribution in [1.29, 1.82) is 0 Å². The highest BCUT2D eigenvalue weighted by atomic mass is 15.1. The third kappa shape index (κ3) is 2.96. The summed E-state index contributed by atoms with van der Waals surface area (Å²) in [5.74, 6) is 1.88. The zero-order valence-electron chi connectivity index (χ0n) is 9.61. The molecular weight excluding hydrogens is 184 g/mol. The smallest absolute Gasteiger partial charge is 0.0314 e. The van der Waals surface area contributed by atoms with E-state index >= 15 is 0 Å². The molecule has 1 aromatic rings. The molecule has 1 aliphatic carbocycles. The molecule has 2 nitrogen and oxygen atoms in total. The van der Waals surface area contributed by atoms with Gasteiger partial charge in [-0.15, -0.1) is 0 Å². The van der Waals surface area contributed by atoms with E-state index in [0.29, 0.717) is 0 Å². The lowest BCUT2D eigenvalue weighted by molar-refractivity contribution is 0.307. The van der Waals surface area contributed by atoms with Gasteiger partial charge >= 0.3 is 0 Å². The zero-order chi connectivity index (χ0) is 10.8. The van der Waals surface area contributed by atoms with E-state index in [1.165, 1.54) is 18.5 Å². The Morgan fingerprint density at radius 2 is 1.93 bits per heavy atom. The third-order valence-corrected chi connectivity index (χ3v) is 3.25. The van der Waals surface area contributed by atoms with Gasteiger partial charge in [-0.2, -0.15) is 0 Å². The molecule has 0 spiro atoms. The van der Waals surface area contributed by atoms with Gasteiger partial charge in [0.15, 0.2) is 0 Å². The van der Waals surface area contributed by atoms with Crippen LogP contribution >= 0.6 is 0 Å². The van der Waals surface area contributed by atoms with Gasteiger partial charge in [-0.1, -0.05) is 19.1 Å². The fraction of sp³-hybridized carbons (Fsp3) is 0.538. The molecule has 1 aliphatic rings. The second-order valence-electron chi connectivity index (χ2n) is 4.91. The van der Waals surface area contributed by atoms with E-state index in [0.717, 1.165) is 24.1 Å². The number of nitrogen functional groups attached to an aromatic ring is 1. The number of rotatable bonds is 4. The molecule has 2 atom stereocenters. The average molecular weight is 204 g/mol. The highest BCUT2D eigenvalue weighted by molar-refractivity contribution is 5.39. The maximum atomic E-state index is 5.65. The molecule has 15 heavy (non-hydrogen) atoms. The van der Waals surface area contributed by atoms with E-state index in [1.54, 1.807) is 0 Å². The Morgan fingerprint density at radius 3 is 2.47 bits per heavy atom. The highest BCUT2D eigenvalue weighted by Crippen LogP contribution is 2.38. The van der Waals surface area contributed by atoms with Crippen LogP contribution in [0.25, 0.3) is 0 Å². The Bertz CT molecular complexity index is 318. The third-order valence-electron chi connectivity index (χ3n) is 3.25. The largest absolute Gasteiger partial charge is 0.399 e. The number of benzene rings is 1. The molecule has 1 fully saturated rings. The summed E-state index contributed by atoms with van der Waals surface area (Å²) in [4.78, 5) is 2.40. The number of hydrogen-bond acceptors (Lipinski definition) is 2. The van der Waals surface area contributed by atoms with Crippen LogP contribution in [0.2, 0.25) is 0 Å². The quantitative estimate of drug-likeness (QED) is 0.763. The molecule has 0 bridgehead atoms. The summed E-state index contributed by atoms with van der Waals surface area (Å²) in [6, 6.07) is 8.18. The molecule has 82 valence electrons. The second kappa shape index (κ2) is 4.23. The van der Waals surface area contributed by atoms with Crippen molar-refractivity contribution in [2.45, 2.75) is 19.9 Å². The second-order valence-corrected chi connectivity index (χ2v) is 4.91. The van der Waals surface area contributed by atoms with Crippen molar-refractivity contribution in [2.24, 2.45) is 11.8 Å². The summed E-state index contributed by atoms with van der Waals surface area (Å²) >= 11 is 0. The lowest BCUT2D eigenvalue weighted by Gasteiger charge is -2.16. The molecule has 2 rings (SSSR count). The topological polar surface area (TPSA) is 29.3 Å². The molecule has 1 aromatic carbocycles. The molecule has 0 amide bonds. The van der Waals surface area contributed by atoms with Gasteiger partial charge in [0.25, 0.3) is 0 Å². The van der Waals surface area contributed by atoms with Crippen LogP contribution in [0.3, 0.4) is 0 Å². The van der Waals surface area contributed by atoms with Gasteiger partial charge in [0.1, 0.15) is 0 Å². The van der Waals surface area contributed by atoms with Crippen LogP contribution in [-0.4, -0.2) is 18.5 Å². The first-order valence-corrected chi connectivity index (χ1v) is 5.68. The molecule has 0 radical (unpaired) electrons. The van der Waals surface area contributed by atoms with E-state index < -0.39 is 0 Å². The summed E-state index contributed by atoms with van der Waals surface area (Å²) in [6.07, 6.45) is 1.41. The van der Waals surface area contributed by atoms with Gasteiger partial charge in [0.05, 0.1) is 0 Å². The van der Waals surface area contributed by atoms with Crippen molar-refractivity contribution in [3.63, 3.8) is 0 Å². The van der Waals surface area contributed by atoms with E-state index in [9.17, 15) is 0 Å². The van der Waals surface area contributed by atoms with E-state index in [-0.39, 0.29) is 0 Å². The van der Waals surface area contributed by atoms with Crippen molar-refractivity contribution in [3.05, 3.63) is 29.8 Å². The van der Waals surface area contributed by atoms with Crippen LogP contribution in [0.1, 0.15) is 18.9 Å². The first-order chi connectivity index (χ1) is 7.15. The highest BCUT2D eigenvalue weighted by Gasteiger charge is 2.32. The van der Waals surface area contributed by atoms with Crippen LogP contribution in [-0.2, 0) is 6.54 Å². The molecule has 0 aromatic heterocycles. The van der Waals surface area contributed by atoms with Gasteiger partial charge in [-0.3, -0.25) is 0 Å². The fourth-order valence-electron chi connectivity index (χ4n) is 2.05. The standard InChI is InChI=1S/C13H20N2/c1-10-7-12(10)9-15(2)8-11-3-5-13(14)6-4-11/h3-6,10,12H,7-9,14H2,1-2H3. The SMILES string of the molecule is CC1CC1CN(C)Cc1ccc(N)cc1. The minimum absolute atomic E-state index is 0.845. The molecule has 0 aliphatic heterocycles. The van der Waals surface area contributed by atoms with Crippen LogP contribution in [0, 0.1) is 11.8 Å². The van der Waals surface area contributed by atoms with E-state index in [4.69, 9.17) is 5.73 Å². The molecular formula is C13H20N2. The Balaban J connectivity index is 1.82. The van der Waals surface area contributed by atoms with Crippen molar-refractivity contribution in [3.8, 4) is 0 Å². The minimum Gasteiger partial charge on any atom is -0.399 e. The summed E-state index contributed by atoms with van der Waals surface area (Å²) in [7, 11) is 2.20. The number of hydrogen-bond donors (Lipinski definition) is 1. The monoisotopic (exact) mass is 204 g/mol.